The molecule has 4 nitrogen and oxygen atoms in total. The van der Waals surface area contributed by atoms with Crippen molar-refractivity contribution in [3.63, 3.8) is 0 Å². The Bertz CT molecular complexity index is 659. The minimum Gasteiger partial charge on any atom is -0.497 e. The summed E-state index contributed by atoms with van der Waals surface area (Å²) in [6.07, 6.45) is 0. The molecule has 1 N–H and O–H groups in total. The highest BCUT2D eigenvalue weighted by Gasteiger charge is 2.08. The number of aromatic nitrogens is 1. The number of hydrogen-bond acceptors (Lipinski definition) is 4. The summed E-state index contributed by atoms with van der Waals surface area (Å²) in [6, 6.07) is 11.9. The first-order valence-corrected chi connectivity index (χ1v) is 6.39. The lowest BCUT2D eigenvalue weighted by Gasteiger charge is -2.11. The smallest absolute Gasteiger partial charge is 0.144 e. The van der Waals surface area contributed by atoms with Crippen molar-refractivity contribution >= 4 is 5.82 Å². The number of hydrogen-bond donors (Lipinski definition) is 1. The van der Waals surface area contributed by atoms with E-state index >= 15 is 0 Å². The van der Waals surface area contributed by atoms with Crippen molar-refractivity contribution in [2.24, 2.45) is 0 Å². The van der Waals surface area contributed by atoms with E-state index in [4.69, 9.17) is 4.74 Å². The van der Waals surface area contributed by atoms with Crippen LogP contribution in [0.5, 0.6) is 5.75 Å². The third-order valence-corrected chi connectivity index (χ3v) is 3.05. The summed E-state index contributed by atoms with van der Waals surface area (Å²) in [5.74, 6) is 1.45. The van der Waals surface area contributed by atoms with Crippen molar-refractivity contribution < 1.29 is 4.74 Å². The van der Waals surface area contributed by atoms with Crippen molar-refractivity contribution in [2.45, 2.75) is 20.4 Å². The first-order valence-electron chi connectivity index (χ1n) is 6.39. The zero-order chi connectivity index (χ0) is 14.5. The zero-order valence-corrected chi connectivity index (χ0v) is 11.9. The Balaban J connectivity index is 2.20. The predicted octanol–water partition coefficient (Wildman–Crippen LogP) is 3.19. The van der Waals surface area contributed by atoms with Crippen LogP contribution in [-0.2, 0) is 6.54 Å². The fourth-order valence-corrected chi connectivity index (χ4v) is 2.07. The zero-order valence-electron chi connectivity index (χ0n) is 11.9. The lowest BCUT2D eigenvalue weighted by Crippen LogP contribution is -2.05. The van der Waals surface area contributed by atoms with Gasteiger partial charge in [-0.25, -0.2) is 4.98 Å². The minimum atomic E-state index is 0.596. The second-order valence-corrected chi connectivity index (χ2v) is 4.62. The quantitative estimate of drug-likeness (QED) is 0.924. The average molecular weight is 267 g/mol. The van der Waals surface area contributed by atoms with Crippen LogP contribution in [0.25, 0.3) is 0 Å². The van der Waals surface area contributed by atoms with Crippen molar-refractivity contribution in [1.82, 2.24) is 4.98 Å². The summed E-state index contributed by atoms with van der Waals surface area (Å²) >= 11 is 0. The Morgan fingerprint density at radius 3 is 2.80 bits per heavy atom. The van der Waals surface area contributed by atoms with Gasteiger partial charge >= 0.3 is 0 Å². The summed E-state index contributed by atoms with van der Waals surface area (Å²) in [5, 5.41) is 12.4. The summed E-state index contributed by atoms with van der Waals surface area (Å²) < 4.78 is 5.19. The van der Waals surface area contributed by atoms with Gasteiger partial charge in [0, 0.05) is 12.2 Å². The fraction of sp³-hybridized carbons (Fsp3) is 0.250. The number of ether oxygens (including phenoxy) is 1. The van der Waals surface area contributed by atoms with Crippen LogP contribution < -0.4 is 10.1 Å². The number of benzene rings is 1. The second-order valence-electron chi connectivity index (χ2n) is 4.62. The molecule has 0 atom stereocenters. The van der Waals surface area contributed by atoms with E-state index in [1.807, 2.05) is 44.2 Å². The molecule has 0 aliphatic rings. The first-order chi connectivity index (χ1) is 9.63. The molecule has 0 unspecified atom stereocenters. The topological polar surface area (TPSA) is 57.9 Å². The maximum Gasteiger partial charge on any atom is 0.144 e. The van der Waals surface area contributed by atoms with Crippen LogP contribution >= 0.6 is 0 Å². The molecule has 20 heavy (non-hydrogen) atoms. The Morgan fingerprint density at radius 1 is 1.30 bits per heavy atom. The monoisotopic (exact) mass is 267 g/mol. The Labute approximate surface area is 119 Å². The SMILES string of the molecule is COc1cccc(CNc2nc(C)cc(C)c2C#N)c1. The highest BCUT2D eigenvalue weighted by Crippen LogP contribution is 2.19. The van der Waals surface area contributed by atoms with Gasteiger partial charge in [-0.15, -0.1) is 0 Å². The van der Waals surface area contributed by atoms with Gasteiger partial charge in [0.1, 0.15) is 17.6 Å². The van der Waals surface area contributed by atoms with E-state index in [0.29, 0.717) is 17.9 Å². The van der Waals surface area contributed by atoms with Gasteiger partial charge in [0.2, 0.25) is 0 Å². The van der Waals surface area contributed by atoms with E-state index < -0.39 is 0 Å². The van der Waals surface area contributed by atoms with Gasteiger partial charge in [-0.2, -0.15) is 5.26 Å². The van der Waals surface area contributed by atoms with Crippen LogP contribution in [0.2, 0.25) is 0 Å². The molecule has 1 aromatic carbocycles. The molecule has 0 aliphatic heterocycles. The van der Waals surface area contributed by atoms with Gasteiger partial charge in [-0.05, 0) is 43.2 Å². The van der Waals surface area contributed by atoms with Gasteiger partial charge in [0.05, 0.1) is 12.7 Å². The highest BCUT2D eigenvalue weighted by atomic mass is 16.5. The van der Waals surface area contributed by atoms with E-state index in [2.05, 4.69) is 16.4 Å². The van der Waals surface area contributed by atoms with Crippen molar-refractivity contribution in [1.29, 1.82) is 5.26 Å². The molecule has 4 heteroatoms. The standard InChI is InChI=1S/C16H17N3O/c1-11-7-12(2)19-16(15(11)9-17)18-10-13-5-4-6-14(8-13)20-3/h4-8H,10H2,1-3H3,(H,18,19). The molecule has 1 aromatic heterocycles. The molecule has 1 heterocycles. The van der Waals surface area contributed by atoms with Crippen molar-refractivity contribution in [3.8, 4) is 11.8 Å². The van der Waals surface area contributed by atoms with Gasteiger partial charge in [0.15, 0.2) is 0 Å². The van der Waals surface area contributed by atoms with E-state index in [0.717, 1.165) is 22.6 Å². The molecule has 0 radical (unpaired) electrons. The largest absolute Gasteiger partial charge is 0.497 e. The number of aryl methyl sites for hydroxylation is 2. The maximum absolute atomic E-state index is 9.22. The van der Waals surface area contributed by atoms with Crippen LogP contribution in [0.15, 0.2) is 30.3 Å². The molecular formula is C16H17N3O. The number of nitrogens with one attached hydrogen (secondary N) is 1. The maximum atomic E-state index is 9.22. The molecule has 102 valence electrons. The summed E-state index contributed by atoms with van der Waals surface area (Å²) in [4.78, 5) is 4.40. The number of nitrogens with zero attached hydrogens (tertiary/aromatic N) is 2. The van der Waals surface area contributed by atoms with Crippen molar-refractivity contribution in [3.05, 3.63) is 52.7 Å². The van der Waals surface area contributed by atoms with Crippen LogP contribution in [0, 0.1) is 25.2 Å². The molecule has 0 aliphatic carbocycles. The van der Waals surface area contributed by atoms with E-state index in [9.17, 15) is 5.26 Å². The third kappa shape index (κ3) is 3.07. The predicted molar refractivity (Wildman–Crippen MR) is 78.7 cm³/mol. The Morgan fingerprint density at radius 2 is 2.10 bits per heavy atom. The highest BCUT2D eigenvalue weighted by molar-refractivity contribution is 5.56. The van der Waals surface area contributed by atoms with Gasteiger partial charge in [-0.3, -0.25) is 0 Å². The fourth-order valence-electron chi connectivity index (χ4n) is 2.07. The summed E-state index contributed by atoms with van der Waals surface area (Å²) in [7, 11) is 1.64. The van der Waals surface area contributed by atoms with Crippen LogP contribution in [0.1, 0.15) is 22.4 Å². The summed E-state index contributed by atoms with van der Waals surface area (Å²) in [5.41, 5.74) is 3.51. The molecule has 2 aromatic rings. The first kappa shape index (κ1) is 13.9. The van der Waals surface area contributed by atoms with Crippen LogP contribution in [0.3, 0.4) is 0 Å². The number of pyridine rings is 1. The molecule has 0 bridgehead atoms. The van der Waals surface area contributed by atoms with Crippen LogP contribution in [0.4, 0.5) is 5.82 Å². The molecule has 2 rings (SSSR count). The normalized spacial score (nSPS) is 9.90. The van der Waals surface area contributed by atoms with Gasteiger partial charge < -0.3 is 10.1 Å². The Hall–Kier alpha value is -2.54. The molecular weight excluding hydrogens is 250 g/mol. The molecule has 0 saturated carbocycles. The van der Waals surface area contributed by atoms with Gasteiger partial charge in [-0.1, -0.05) is 12.1 Å². The van der Waals surface area contributed by atoms with E-state index in [-0.39, 0.29) is 0 Å². The summed E-state index contributed by atoms with van der Waals surface area (Å²) in [6.45, 7) is 4.44. The number of methoxy groups -OCH3 is 1. The molecule has 0 saturated heterocycles. The minimum absolute atomic E-state index is 0.596. The van der Waals surface area contributed by atoms with Crippen molar-refractivity contribution in [2.75, 3.05) is 12.4 Å². The van der Waals surface area contributed by atoms with E-state index in [1.165, 1.54) is 0 Å². The second kappa shape index (κ2) is 6.07. The Kier molecular flexibility index (Phi) is 4.21. The molecule has 0 spiro atoms. The molecule has 0 amide bonds. The number of nitriles is 1. The molecule has 0 fully saturated rings. The van der Waals surface area contributed by atoms with Gasteiger partial charge in [0.25, 0.3) is 0 Å². The lowest BCUT2D eigenvalue weighted by atomic mass is 10.1. The van der Waals surface area contributed by atoms with E-state index in [1.54, 1.807) is 7.11 Å². The third-order valence-electron chi connectivity index (χ3n) is 3.05. The number of rotatable bonds is 4. The van der Waals surface area contributed by atoms with Crippen LogP contribution in [-0.4, -0.2) is 12.1 Å². The number of anilines is 1. The average Bonchev–Trinajstić information content (AvgIpc) is 2.45. The lowest BCUT2D eigenvalue weighted by molar-refractivity contribution is 0.414.